The van der Waals surface area contributed by atoms with E-state index in [0.29, 0.717) is 12.3 Å². The third kappa shape index (κ3) is 7.33. The summed E-state index contributed by atoms with van der Waals surface area (Å²) in [6.07, 6.45) is 2.18. The van der Waals surface area contributed by atoms with E-state index in [1.54, 1.807) is 13.8 Å². The summed E-state index contributed by atoms with van der Waals surface area (Å²) in [7, 11) is 0. The Labute approximate surface area is 92.2 Å². The molecule has 0 rings (SSSR count). The summed E-state index contributed by atoms with van der Waals surface area (Å²) >= 11 is 0. The number of carbonyl (C=O) groups is 1. The molecule has 1 amide bonds. The van der Waals surface area contributed by atoms with Crippen LogP contribution in [0.5, 0.6) is 0 Å². The van der Waals surface area contributed by atoms with Gasteiger partial charge in [0.1, 0.15) is 0 Å². The molecule has 4 N–H and O–H groups in total. The lowest BCUT2D eigenvalue weighted by atomic mass is 9.88. The predicted molar refractivity (Wildman–Crippen MR) is 60.8 cm³/mol. The first-order chi connectivity index (χ1) is 6.76. The summed E-state index contributed by atoms with van der Waals surface area (Å²) < 4.78 is 0. The van der Waals surface area contributed by atoms with Crippen LogP contribution in [0.3, 0.4) is 0 Å². The summed E-state index contributed by atoms with van der Waals surface area (Å²) in [5.41, 5.74) is 1.34. The zero-order valence-electron chi connectivity index (χ0n) is 10.2. The molecule has 1 atom stereocenters. The number of hydrazine groups is 1. The highest BCUT2D eigenvalue weighted by Gasteiger charge is 2.25. The molecular weight excluding hydrogens is 192 g/mol. The first-order valence-corrected chi connectivity index (χ1v) is 5.49. The molecule has 0 saturated heterocycles. The Balaban J connectivity index is 4.26. The average molecular weight is 216 g/mol. The number of rotatable bonds is 6. The summed E-state index contributed by atoms with van der Waals surface area (Å²) in [6.45, 7) is 7.64. The second-order valence-corrected chi connectivity index (χ2v) is 5.19. The van der Waals surface area contributed by atoms with Crippen LogP contribution in [-0.2, 0) is 4.79 Å². The fraction of sp³-hybridized carbons (Fsp3) is 0.909. The van der Waals surface area contributed by atoms with Gasteiger partial charge in [-0.15, -0.1) is 0 Å². The minimum absolute atomic E-state index is 0.183. The predicted octanol–water partition coefficient (Wildman–Crippen LogP) is 1.19. The minimum Gasteiger partial charge on any atom is -0.390 e. The van der Waals surface area contributed by atoms with Crippen LogP contribution in [0.1, 0.15) is 47.0 Å². The van der Waals surface area contributed by atoms with Crippen LogP contribution in [0.2, 0.25) is 0 Å². The smallest absolute Gasteiger partial charge is 0.237 e. The van der Waals surface area contributed by atoms with Crippen molar-refractivity contribution in [2.45, 2.75) is 52.6 Å². The largest absolute Gasteiger partial charge is 0.390 e. The highest BCUT2D eigenvalue weighted by atomic mass is 16.3. The number of nitrogens with one attached hydrogen (secondary N) is 1. The van der Waals surface area contributed by atoms with Crippen molar-refractivity contribution in [3.63, 3.8) is 0 Å². The zero-order chi connectivity index (χ0) is 12.1. The molecule has 1 unspecified atom stereocenters. The maximum atomic E-state index is 11.5. The standard InChI is InChI=1S/C11H24N2O2/c1-8(2)5-6-9(10(14)13-12)7-11(3,4)15/h8-9,15H,5-7,12H2,1-4H3,(H,13,14). The van der Waals surface area contributed by atoms with Crippen molar-refractivity contribution in [3.8, 4) is 0 Å². The normalized spacial score (nSPS) is 14.1. The Morgan fingerprint density at radius 3 is 2.27 bits per heavy atom. The van der Waals surface area contributed by atoms with E-state index in [2.05, 4.69) is 19.3 Å². The van der Waals surface area contributed by atoms with Crippen LogP contribution in [0.25, 0.3) is 0 Å². The molecule has 90 valence electrons. The molecule has 0 aromatic heterocycles. The van der Waals surface area contributed by atoms with Crippen LogP contribution < -0.4 is 11.3 Å². The quantitative estimate of drug-likeness (QED) is 0.354. The molecule has 4 nitrogen and oxygen atoms in total. The second-order valence-electron chi connectivity index (χ2n) is 5.19. The highest BCUT2D eigenvalue weighted by Crippen LogP contribution is 2.22. The third-order valence-corrected chi connectivity index (χ3v) is 2.35. The molecule has 0 aliphatic rings. The van der Waals surface area contributed by atoms with Crippen molar-refractivity contribution in [3.05, 3.63) is 0 Å². The van der Waals surface area contributed by atoms with Crippen molar-refractivity contribution in [2.75, 3.05) is 0 Å². The van der Waals surface area contributed by atoms with Crippen LogP contribution in [0.15, 0.2) is 0 Å². The van der Waals surface area contributed by atoms with Crippen molar-refractivity contribution >= 4 is 5.91 Å². The molecule has 15 heavy (non-hydrogen) atoms. The van der Waals surface area contributed by atoms with Crippen molar-refractivity contribution in [2.24, 2.45) is 17.7 Å². The van der Waals surface area contributed by atoms with Gasteiger partial charge in [0.25, 0.3) is 0 Å². The Kier molecular flexibility index (Phi) is 5.83. The van der Waals surface area contributed by atoms with Crippen molar-refractivity contribution in [1.29, 1.82) is 0 Å². The maximum absolute atomic E-state index is 11.5. The van der Waals surface area contributed by atoms with Gasteiger partial charge in [0, 0.05) is 5.92 Å². The number of carbonyl (C=O) groups excluding carboxylic acids is 1. The fourth-order valence-corrected chi connectivity index (χ4v) is 1.58. The van der Waals surface area contributed by atoms with E-state index in [9.17, 15) is 9.90 Å². The van der Waals surface area contributed by atoms with E-state index in [1.807, 2.05) is 0 Å². The Morgan fingerprint density at radius 1 is 1.40 bits per heavy atom. The molecule has 0 aromatic carbocycles. The van der Waals surface area contributed by atoms with E-state index >= 15 is 0 Å². The number of aliphatic hydroxyl groups is 1. The first kappa shape index (κ1) is 14.4. The van der Waals surface area contributed by atoms with Gasteiger partial charge in [-0.2, -0.15) is 0 Å². The van der Waals surface area contributed by atoms with E-state index in [0.717, 1.165) is 12.8 Å². The summed E-state index contributed by atoms with van der Waals surface area (Å²) in [6, 6.07) is 0. The number of hydrogen-bond acceptors (Lipinski definition) is 3. The lowest BCUT2D eigenvalue weighted by molar-refractivity contribution is -0.127. The Morgan fingerprint density at radius 2 is 1.93 bits per heavy atom. The molecule has 0 aliphatic heterocycles. The zero-order valence-corrected chi connectivity index (χ0v) is 10.2. The number of nitrogens with two attached hydrogens (primary N) is 1. The van der Waals surface area contributed by atoms with Crippen LogP contribution in [-0.4, -0.2) is 16.6 Å². The first-order valence-electron chi connectivity index (χ1n) is 5.49. The third-order valence-electron chi connectivity index (χ3n) is 2.35. The molecular formula is C11H24N2O2. The lowest BCUT2D eigenvalue weighted by Gasteiger charge is -2.24. The topological polar surface area (TPSA) is 75.3 Å². The monoisotopic (exact) mass is 216 g/mol. The summed E-state index contributed by atoms with van der Waals surface area (Å²) in [5, 5.41) is 9.68. The van der Waals surface area contributed by atoms with Gasteiger partial charge in [-0.25, -0.2) is 5.84 Å². The number of amides is 1. The average Bonchev–Trinajstić information content (AvgIpc) is 2.08. The fourth-order valence-electron chi connectivity index (χ4n) is 1.58. The van der Waals surface area contributed by atoms with E-state index in [-0.39, 0.29) is 11.8 Å². The van der Waals surface area contributed by atoms with Crippen LogP contribution in [0.4, 0.5) is 0 Å². The van der Waals surface area contributed by atoms with E-state index in [4.69, 9.17) is 5.84 Å². The number of hydrogen-bond donors (Lipinski definition) is 3. The van der Waals surface area contributed by atoms with Crippen LogP contribution >= 0.6 is 0 Å². The van der Waals surface area contributed by atoms with Gasteiger partial charge in [0.15, 0.2) is 0 Å². The highest BCUT2D eigenvalue weighted by molar-refractivity contribution is 5.78. The molecule has 0 aliphatic carbocycles. The van der Waals surface area contributed by atoms with Gasteiger partial charge in [0.2, 0.25) is 5.91 Å². The molecule has 4 heteroatoms. The lowest BCUT2D eigenvalue weighted by Crippen LogP contribution is -2.39. The van der Waals surface area contributed by atoms with Gasteiger partial charge < -0.3 is 5.11 Å². The van der Waals surface area contributed by atoms with Gasteiger partial charge in [-0.1, -0.05) is 20.3 Å². The summed E-state index contributed by atoms with van der Waals surface area (Å²) in [5.74, 6) is 5.29. The Hall–Kier alpha value is -0.610. The molecule has 0 radical (unpaired) electrons. The van der Waals surface area contributed by atoms with Crippen molar-refractivity contribution in [1.82, 2.24) is 5.43 Å². The van der Waals surface area contributed by atoms with E-state index < -0.39 is 5.60 Å². The Bertz CT molecular complexity index is 197. The molecule has 0 spiro atoms. The van der Waals surface area contributed by atoms with Gasteiger partial charge >= 0.3 is 0 Å². The van der Waals surface area contributed by atoms with Crippen LogP contribution in [0, 0.1) is 11.8 Å². The molecule has 0 bridgehead atoms. The molecule has 0 saturated carbocycles. The van der Waals surface area contributed by atoms with Gasteiger partial charge in [0.05, 0.1) is 5.60 Å². The second kappa shape index (κ2) is 6.08. The van der Waals surface area contributed by atoms with Gasteiger partial charge in [-0.05, 0) is 32.6 Å². The SMILES string of the molecule is CC(C)CCC(CC(C)(C)O)C(=O)NN. The molecule has 0 fully saturated rings. The van der Waals surface area contributed by atoms with E-state index in [1.165, 1.54) is 0 Å². The van der Waals surface area contributed by atoms with Crippen molar-refractivity contribution < 1.29 is 9.90 Å². The minimum atomic E-state index is -0.825. The van der Waals surface area contributed by atoms with Gasteiger partial charge in [-0.3, -0.25) is 10.2 Å². The molecule has 0 aromatic rings. The molecule has 0 heterocycles. The summed E-state index contributed by atoms with van der Waals surface area (Å²) in [4.78, 5) is 11.5. The maximum Gasteiger partial charge on any atom is 0.237 e.